The molecule has 0 bridgehead atoms. The average Bonchev–Trinajstić information content (AvgIpc) is 3.69. The van der Waals surface area contributed by atoms with E-state index in [1.54, 1.807) is 31.3 Å². The quantitative estimate of drug-likeness (QED) is 0.144. The fourth-order valence-corrected chi connectivity index (χ4v) is 8.08. The summed E-state index contributed by atoms with van der Waals surface area (Å²) < 4.78 is 9.68. The summed E-state index contributed by atoms with van der Waals surface area (Å²) in [4.78, 5) is 53.7. The van der Waals surface area contributed by atoms with Crippen molar-refractivity contribution in [2.75, 3.05) is 24.2 Å². The van der Waals surface area contributed by atoms with Gasteiger partial charge in [-0.1, -0.05) is 58.7 Å². The molecule has 2 aromatic rings. The van der Waals surface area contributed by atoms with Crippen molar-refractivity contribution < 1.29 is 28.7 Å². The van der Waals surface area contributed by atoms with E-state index < -0.39 is 56.4 Å². The molecule has 2 saturated heterocycles. The number of carbonyl (C=O) groups excluding carboxylic acids is 4. The second-order valence-corrected chi connectivity index (χ2v) is 16.1. The van der Waals surface area contributed by atoms with E-state index in [4.69, 9.17) is 44.3 Å². The van der Waals surface area contributed by atoms with E-state index in [2.05, 4.69) is 26.2 Å². The fraction of sp³-hybridized carbons (Fsp3) is 0.577. The molecular formula is C26H30Cl3N7O6S2. The molecule has 3 aliphatic rings. The van der Waals surface area contributed by atoms with Crippen LogP contribution >= 0.6 is 58.3 Å². The van der Waals surface area contributed by atoms with Crippen LogP contribution in [-0.4, -0.2) is 99.9 Å². The SMILES string of the molecule is CC(OC(=O)c1ccccc1NCC(=O)NC1C(=O)N2C(C(=O)OCC(Cl)(Cl)Cl)C(C)(CSc3nnnn3C)S[C@H]12)C1CC1. The summed E-state index contributed by atoms with van der Waals surface area (Å²) in [6, 6.07) is 4.85. The van der Waals surface area contributed by atoms with Gasteiger partial charge in [0.25, 0.3) is 0 Å². The number of alkyl halides is 3. The minimum absolute atomic E-state index is 0.181. The second kappa shape index (κ2) is 13.1. The van der Waals surface area contributed by atoms with Gasteiger partial charge in [0.05, 0.1) is 16.9 Å². The van der Waals surface area contributed by atoms with Crippen LogP contribution in [0.2, 0.25) is 0 Å². The Bertz CT molecular complexity index is 1440. The monoisotopic (exact) mass is 705 g/mol. The van der Waals surface area contributed by atoms with Crippen LogP contribution in [0, 0.1) is 5.92 Å². The summed E-state index contributed by atoms with van der Waals surface area (Å²) in [5.41, 5.74) is 0.750. The number of nitrogens with zero attached hydrogens (tertiary/aromatic N) is 5. The molecule has 1 aromatic carbocycles. The number of anilines is 1. The zero-order valence-electron chi connectivity index (χ0n) is 23.9. The Balaban J connectivity index is 1.23. The molecule has 44 heavy (non-hydrogen) atoms. The molecule has 3 heterocycles. The van der Waals surface area contributed by atoms with Crippen molar-refractivity contribution in [1.82, 2.24) is 30.4 Å². The highest BCUT2D eigenvalue weighted by Gasteiger charge is 2.66. The Morgan fingerprint density at radius 1 is 1.25 bits per heavy atom. The highest BCUT2D eigenvalue weighted by molar-refractivity contribution is 8.04. The number of fused-ring (bicyclic) bond motifs is 1. The number of esters is 2. The number of hydrogen-bond donors (Lipinski definition) is 2. The molecule has 13 nitrogen and oxygen atoms in total. The highest BCUT2D eigenvalue weighted by Crippen LogP contribution is 2.53. The van der Waals surface area contributed by atoms with Crippen LogP contribution in [-0.2, 0) is 30.9 Å². The maximum absolute atomic E-state index is 13.3. The van der Waals surface area contributed by atoms with E-state index >= 15 is 0 Å². The maximum atomic E-state index is 13.3. The Kier molecular flexibility index (Phi) is 9.81. The zero-order valence-corrected chi connectivity index (χ0v) is 27.8. The highest BCUT2D eigenvalue weighted by atomic mass is 35.6. The van der Waals surface area contributed by atoms with Gasteiger partial charge in [-0.25, -0.2) is 14.3 Å². The van der Waals surface area contributed by atoms with Crippen molar-refractivity contribution in [2.24, 2.45) is 13.0 Å². The molecule has 2 N–H and O–H groups in total. The topological polar surface area (TPSA) is 158 Å². The van der Waals surface area contributed by atoms with Crippen molar-refractivity contribution in [3.63, 3.8) is 0 Å². The van der Waals surface area contributed by atoms with Crippen LogP contribution in [0.1, 0.15) is 37.0 Å². The third-order valence-corrected chi connectivity index (χ3v) is 11.0. The number of tetrazole rings is 1. The van der Waals surface area contributed by atoms with Crippen molar-refractivity contribution >= 4 is 87.8 Å². The molecule has 1 aliphatic carbocycles. The maximum Gasteiger partial charge on any atom is 0.340 e. The van der Waals surface area contributed by atoms with Crippen LogP contribution in [0.3, 0.4) is 0 Å². The molecule has 18 heteroatoms. The molecule has 2 aliphatic heterocycles. The Morgan fingerprint density at radius 2 is 1.98 bits per heavy atom. The largest absolute Gasteiger partial charge is 0.460 e. The number of benzene rings is 1. The number of thioether (sulfide) groups is 2. The molecule has 1 aromatic heterocycles. The van der Waals surface area contributed by atoms with Crippen molar-refractivity contribution in [3.8, 4) is 0 Å². The predicted octanol–water partition coefficient (Wildman–Crippen LogP) is 2.81. The minimum Gasteiger partial charge on any atom is -0.460 e. The van der Waals surface area contributed by atoms with E-state index in [9.17, 15) is 19.2 Å². The third kappa shape index (κ3) is 7.33. The molecule has 4 unspecified atom stereocenters. The van der Waals surface area contributed by atoms with Gasteiger partial charge in [-0.15, -0.1) is 16.9 Å². The van der Waals surface area contributed by atoms with Crippen LogP contribution in [0.5, 0.6) is 0 Å². The summed E-state index contributed by atoms with van der Waals surface area (Å²) in [6.07, 6.45) is 1.90. The van der Waals surface area contributed by atoms with Crippen molar-refractivity contribution in [3.05, 3.63) is 29.8 Å². The molecule has 5 rings (SSSR count). The van der Waals surface area contributed by atoms with E-state index in [-0.39, 0.29) is 12.6 Å². The Morgan fingerprint density at radius 3 is 2.64 bits per heavy atom. The van der Waals surface area contributed by atoms with Crippen LogP contribution in [0.15, 0.2) is 29.4 Å². The first-order valence-electron chi connectivity index (χ1n) is 13.7. The van der Waals surface area contributed by atoms with E-state index in [0.717, 1.165) is 12.8 Å². The molecule has 3 fully saturated rings. The number of para-hydroxylation sites is 1. The van der Waals surface area contributed by atoms with E-state index in [1.165, 1.54) is 33.1 Å². The molecular weight excluding hydrogens is 677 g/mol. The minimum atomic E-state index is -1.83. The van der Waals surface area contributed by atoms with Crippen LogP contribution in [0.4, 0.5) is 5.69 Å². The van der Waals surface area contributed by atoms with Gasteiger partial charge >= 0.3 is 11.9 Å². The Labute approximate surface area is 276 Å². The van der Waals surface area contributed by atoms with Gasteiger partial charge in [-0.3, -0.25) is 9.59 Å². The molecule has 5 atom stereocenters. The normalized spacial score (nSPS) is 25.1. The van der Waals surface area contributed by atoms with Crippen LogP contribution in [0.25, 0.3) is 0 Å². The average molecular weight is 707 g/mol. The number of aromatic nitrogens is 4. The fourth-order valence-electron chi connectivity index (χ4n) is 5.02. The summed E-state index contributed by atoms with van der Waals surface area (Å²) in [7, 11) is 1.69. The zero-order chi connectivity index (χ0) is 31.8. The summed E-state index contributed by atoms with van der Waals surface area (Å²) >= 11 is 20.0. The van der Waals surface area contributed by atoms with Crippen LogP contribution < -0.4 is 10.6 Å². The van der Waals surface area contributed by atoms with Gasteiger partial charge in [0, 0.05) is 18.5 Å². The van der Waals surface area contributed by atoms with Gasteiger partial charge in [-0.2, -0.15) is 0 Å². The van der Waals surface area contributed by atoms with Gasteiger partial charge < -0.3 is 25.0 Å². The van der Waals surface area contributed by atoms with E-state index in [0.29, 0.717) is 28.1 Å². The van der Waals surface area contributed by atoms with Crippen molar-refractivity contribution in [1.29, 1.82) is 0 Å². The lowest BCUT2D eigenvalue weighted by molar-refractivity contribution is -0.164. The van der Waals surface area contributed by atoms with Gasteiger partial charge in [0.15, 0.2) is 0 Å². The van der Waals surface area contributed by atoms with Gasteiger partial charge in [0.1, 0.15) is 30.2 Å². The second-order valence-electron chi connectivity index (χ2n) is 11.0. The number of hydrogen-bond acceptors (Lipinski definition) is 12. The van der Waals surface area contributed by atoms with Gasteiger partial charge in [0.2, 0.25) is 20.8 Å². The number of rotatable bonds is 12. The lowest BCUT2D eigenvalue weighted by Gasteiger charge is -2.44. The first kappa shape index (κ1) is 32.9. The number of aryl methyl sites for hydroxylation is 1. The predicted molar refractivity (Wildman–Crippen MR) is 166 cm³/mol. The van der Waals surface area contributed by atoms with Crippen molar-refractivity contribution in [2.45, 2.75) is 63.9 Å². The number of β-lactam (4-membered cyclic amide) rings is 1. The molecule has 0 radical (unpaired) electrons. The van der Waals surface area contributed by atoms with E-state index in [1.807, 2.05) is 13.8 Å². The number of ether oxygens (including phenoxy) is 2. The summed E-state index contributed by atoms with van der Waals surface area (Å²) in [5.74, 6) is -1.40. The molecule has 0 spiro atoms. The number of nitrogens with one attached hydrogen (secondary N) is 2. The number of carbonyl (C=O) groups is 4. The first-order valence-corrected chi connectivity index (χ1v) is 16.7. The third-order valence-electron chi connectivity index (χ3n) is 7.48. The van der Waals surface area contributed by atoms with Gasteiger partial charge in [-0.05, 0) is 55.2 Å². The smallest absolute Gasteiger partial charge is 0.340 e. The molecule has 2 amide bonds. The first-order chi connectivity index (χ1) is 20.8. The lowest BCUT2D eigenvalue weighted by atomic mass is 9.95. The summed E-state index contributed by atoms with van der Waals surface area (Å²) in [5, 5.41) is 17.1. The number of halogens is 3. The Hall–Kier alpha value is -2.46. The standard InChI is InChI=1S/C26H30Cl3N7O6S2/c1-13(14-8-9-14)42-22(39)15-6-4-5-7-16(15)30-10-17(37)31-18-20(38)36-19(23(40)41-11-26(27,28)29)25(2,44-21(18)36)12-43-24-32-33-34-35(24)3/h4-7,13-14,18-19,21,30H,8-12H2,1-3H3,(H,31,37)/t13?,18?,19?,21-,25?/m1/s1. The molecule has 238 valence electrons. The number of amides is 2. The summed E-state index contributed by atoms with van der Waals surface area (Å²) in [6.45, 7) is 2.99. The molecule has 1 saturated carbocycles. The lowest BCUT2D eigenvalue weighted by Crippen LogP contribution is -2.71.